The van der Waals surface area contributed by atoms with Crippen molar-refractivity contribution in [2.45, 2.75) is 18.9 Å². The number of fused-ring (bicyclic) bond motifs is 1. The Morgan fingerprint density at radius 2 is 2.31 bits per heavy atom. The van der Waals surface area contributed by atoms with Crippen LogP contribution in [0, 0.1) is 0 Å². The third-order valence-corrected chi connectivity index (χ3v) is 2.25. The van der Waals surface area contributed by atoms with Gasteiger partial charge in [-0.15, -0.1) is 0 Å². The highest BCUT2D eigenvalue weighted by Gasteiger charge is 2.20. The number of hydrogen-bond donors (Lipinski definition) is 1. The first-order valence-electron chi connectivity index (χ1n) is 4.51. The van der Waals surface area contributed by atoms with Gasteiger partial charge in [-0.3, -0.25) is 0 Å². The van der Waals surface area contributed by atoms with E-state index < -0.39 is 0 Å². The molecule has 2 nitrogen and oxygen atoms in total. The van der Waals surface area contributed by atoms with Crippen molar-refractivity contribution >= 4 is 0 Å². The predicted octanol–water partition coefficient (Wildman–Crippen LogP) is 1.85. The van der Waals surface area contributed by atoms with Gasteiger partial charge in [0.25, 0.3) is 0 Å². The Labute approximate surface area is 78.0 Å². The molecule has 2 rings (SSSR count). The molecule has 1 aromatic rings. The first-order valence-corrected chi connectivity index (χ1v) is 4.51. The molecule has 1 aliphatic heterocycles. The van der Waals surface area contributed by atoms with Gasteiger partial charge in [0, 0.05) is 12.8 Å². The lowest BCUT2D eigenvalue weighted by Crippen LogP contribution is -2.11. The van der Waals surface area contributed by atoms with Crippen molar-refractivity contribution in [3.63, 3.8) is 0 Å². The molecule has 1 unspecified atom stereocenters. The molecular weight excluding hydrogens is 162 g/mol. The van der Waals surface area contributed by atoms with Crippen LogP contribution in [-0.4, -0.2) is 6.10 Å². The normalized spacial score (nSPS) is 20.2. The SMILES string of the molecule is N/C=C/CC1Cc2ccccc2O1. The van der Waals surface area contributed by atoms with E-state index in [1.807, 2.05) is 24.3 Å². The zero-order valence-corrected chi connectivity index (χ0v) is 7.44. The topological polar surface area (TPSA) is 35.2 Å². The lowest BCUT2D eigenvalue weighted by atomic mass is 10.1. The minimum Gasteiger partial charge on any atom is -0.489 e. The van der Waals surface area contributed by atoms with Crippen molar-refractivity contribution in [2.75, 3.05) is 0 Å². The summed E-state index contributed by atoms with van der Waals surface area (Å²) in [7, 11) is 0. The molecule has 0 saturated heterocycles. The van der Waals surface area contributed by atoms with E-state index in [1.165, 1.54) is 5.56 Å². The molecule has 0 spiro atoms. The molecule has 2 N–H and O–H groups in total. The van der Waals surface area contributed by atoms with E-state index >= 15 is 0 Å². The van der Waals surface area contributed by atoms with Crippen LogP contribution in [0.4, 0.5) is 0 Å². The minimum absolute atomic E-state index is 0.275. The summed E-state index contributed by atoms with van der Waals surface area (Å²) in [6.07, 6.45) is 5.69. The fourth-order valence-corrected chi connectivity index (χ4v) is 1.62. The fourth-order valence-electron chi connectivity index (χ4n) is 1.62. The maximum Gasteiger partial charge on any atom is 0.123 e. The summed E-state index contributed by atoms with van der Waals surface area (Å²) < 4.78 is 5.70. The largest absolute Gasteiger partial charge is 0.489 e. The molecule has 0 fully saturated rings. The summed E-state index contributed by atoms with van der Waals surface area (Å²) >= 11 is 0. The van der Waals surface area contributed by atoms with Gasteiger partial charge in [0.1, 0.15) is 11.9 Å². The third kappa shape index (κ3) is 1.66. The van der Waals surface area contributed by atoms with Gasteiger partial charge in [-0.05, 0) is 17.8 Å². The Morgan fingerprint density at radius 3 is 3.08 bits per heavy atom. The molecule has 1 heterocycles. The van der Waals surface area contributed by atoms with Gasteiger partial charge < -0.3 is 10.5 Å². The van der Waals surface area contributed by atoms with Gasteiger partial charge in [-0.25, -0.2) is 0 Å². The van der Waals surface area contributed by atoms with Crippen LogP contribution in [0.1, 0.15) is 12.0 Å². The molecule has 1 aromatic carbocycles. The van der Waals surface area contributed by atoms with E-state index in [0.29, 0.717) is 0 Å². The number of benzene rings is 1. The van der Waals surface area contributed by atoms with Crippen LogP contribution >= 0.6 is 0 Å². The van der Waals surface area contributed by atoms with Crippen molar-refractivity contribution in [1.82, 2.24) is 0 Å². The Balaban J connectivity index is 2.05. The summed E-state index contributed by atoms with van der Waals surface area (Å²) in [5.74, 6) is 1.03. The number of para-hydroxylation sites is 1. The Morgan fingerprint density at radius 1 is 1.46 bits per heavy atom. The highest BCUT2D eigenvalue weighted by atomic mass is 16.5. The lowest BCUT2D eigenvalue weighted by Gasteiger charge is -2.06. The molecular formula is C11H13NO. The van der Waals surface area contributed by atoms with Crippen LogP contribution < -0.4 is 10.5 Å². The maximum absolute atomic E-state index is 5.70. The number of nitrogens with two attached hydrogens (primary N) is 1. The van der Waals surface area contributed by atoms with Crippen LogP contribution in [-0.2, 0) is 6.42 Å². The molecule has 1 atom stereocenters. The third-order valence-electron chi connectivity index (χ3n) is 2.25. The molecule has 68 valence electrons. The number of ether oxygens (including phenoxy) is 1. The van der Waals surface area contributed by atoms with Gasteiger partial charge in [-0.2, -0.15) is 0 Å². The quantitative estimate of drug-likeness (QED) is 0.744. The van der Waals surface area contributed by atoms with E-state index in [4.69, 9.17) is 10.5 Å². The highest BCUT2D eigenvalue weighted by molar-refractivity contribution is 5.37. The molecule has 0 bridgehead atoms. The Kier molecular flexibility index (Phi) is 2.21. The van der Waals surface area contributed by atoms with Crippen molar-refractivity contribution in [3.8, 4) is 5.75 Å². The predicted molar refractivity (Wildman–Crippen MR) is 52.5 cm³/mol. The molecule has 13 heavy (non-hydrogen) atoms. The van der Waals surface area contributed by atoms with E-state index in [9.17, 15) is 0 Å². The number of rotatable bonds is 2. The van der Waals surface area contributed by atoms with Crippen LogP contribution in [0.15, 0.2) is 36.5 Å². The van der Waals surface area contributed by atoms with Crippen LogP contribution in [0.3, 0.4) is 0 Å². The standard InChI is InChI=1S/C11H13NO/c12-7-3-5-10-8-9-4-1-2-6-11(9)13-10/h1-4,6-7,10H,5,8,12H2/b7-3+. The average molecular weight is 175 g/mol. The number of hydrogen-bond acceptors (Lipinski definition) is 2. The van der Waals surface area contributed by atoms with Crippen LogP contribution in [0.2, 0.25) is 0 Å². The molecule has 2 heteroatoms. The summed E-state index contributed by atoms with van der Waals surface area (Å²) in [6, 6.07) is 8.17. The molecule has 0 aliphatic carbocycles. The monoisotopic (exact) mass is 175 g/mol. The van der Waals surface area contributed by atoms with Crippen molar-refractivity contribution in [2.24, 2.45) is 5.73 Å². The van der Waals surface area contributed by atoms with Crippen LogP contribution in [0.25, 0.3) is 0 Å². The zero-order valence-electron chi connectivity index (χ0n) is 7.44. The first kappa shape index (κ1) is 8.17. The van der Waals surface area contributed by atoms with Crippen molar-refractivity contribution in [3.05, 3.63) is 42.1 Å². The lowest BCUT2D eigenvalue weighted by molar-refractivity contribution is 0.236. The second-order valence-electron chi connectivity index (χ2n) is 3.22. The molecule has 0 radical (unpaired) electrons. The van der Waals surface area contributed by atoms with E-state index in [1.54, 1.807) is 6.20 Å². The van der Waals surface area contributed by atoms with Gasteiger partial charge >= 0.3 is 0 Å². The van der Waals surface area contributed by atoms with Crippen molar-refractivity contribution in [1.29, 1.82) is 0 Å². The van der Waals surface area contributed by atoms with E-state index in [0.717, 1.165) is 18.6 Å². The molecule has 0 amide bonds. The van der Waals surface area contributed by atoms with Gasteiger partial charge in [0.2, 0.25) is 0 Å². The second kappa shape index (κ2) is 3.52. The van der Waals surface area contributed by atoms with Gasteiger partial charge in [0.15, 0.2) is 0 Å². The van der Waals surface area contributed by atoms with Crippen LogP contribution in [0.5, 0.6) is 5.75 Å². The van der Waals surface area contributed by atoms with E-state index in [-0.39, 0.29) is 6.10 Å². The summed E-state index contributed by atoms with van der Waals surface area (Å²) in [5.41, 5.74) is 6.58. The van der Waals surface area contributed by atoms with Crippen molar-refractivity contribution < 1.29 is 4.74 Å². The molecule has 1 aliphatic rings. The molecule has 0 saturated carbocycles. The first-order chi connectivity index (χ1) is 6.40. The van der Waals surface area contributed by atoms with E-state index in [2.05, 4.69) is 6.07 Å². The Hall–Kier alpha value is -1.44. The maximum atomic E-state index is 5.70. The fraction of sp³-hybridized carbons (Fsp3) is 0.273. The molecule has 0 aromatic heterocycles. The summed E-state index contributed by atoms with van der Waals surface area (Å²) in [4.78, 5) is 0. The zero-order chi connectivity index (χ0) is 9.10. The summed E-state index contributed by atoms with van der Waals surface area (Å²) in [5, 5.41) is 0. The van der Waals surface area contributed by atoms with Gasteiger partial charge in [-0.1, -0.05) is 24.3 Å². The van der Waals surface area contributed by atoms with Gasteiger partial charge in [0.05, 0.1) is 0 Å². The highest BCUT2D eigenvalue weighted by Crippen LogP contribution is 2.29. The Bertz CT molecular complexity index is 295. The smallest absolute Gasteiger partial charge is 0.123 e. The minimum atomic E-state index is 0.275. The average Bonchev–Trinajstić information content (AvgIpc) is 2.57. The summed E-state index contributed by atoms with van der Waals surface area (Å²) in [6.45, 7) is 0. The second-order valence-corrected chi connectivity index (χ2v) is 3.22.